The minimum Gasteiger partial charge on any atom is -0.502 e. The second-order valence-electron chi connectivity index (χ2n) is 8.67. The molecule has 0 radical (unpaired) electrons. The number of esters is 1. The van der Waals surface area contributed by atoms with Crippen LogP contribution in [0.15, 0.2) is 0 Å². The first-order chi connectivity index (χ1) is 15.3. The molecule has 1 heterocycles. The number of thioether (sulfide) groups is 1. The number of aliphatic hydroxyl groups excluding tert-OH is 1. The summed E-state index contributed by atoms with van der Waals surface area (Å²) >= 11 is 6.39. The van der Waals surface area contributed by atoms with Crippen LogP contribution < -0.4 is 5.73 Å². The highest BCUT2D eigenvalue weighted by Crippen LogP contribution is 2.27. The van der Waals surface area contributed by atoms with Crippen LogP contribution >= 0.6 is 24.0 Å². The third-order valence-corrected chi connectivity index (χ3v) is 7.45. The Hall–Kier alpha value is -0.860. The molecular weight excluding hydrogens is 446 g/mol. The molecule has 0 bridgehead atoms. The van der Waals surface area contributed by atoms with Gasteiger partial charge in [0.15, 0.2) is 5.05 Å². The van der Waals surface area contributed by atoms with Gasteiger partial charge in [0.1, 0.15) is 0 Å². The molecular formula is C24H45NO5S2. The first-order valence-corrected chi connectivity index (χ1v) is 13.7. The Labute approximate surface area is 204 Å². The molecule has 0 spiro atoms. The Morgan fingerprint density at radius 2 is 1.59 bits per heavy atom. The Balaban J connectivity index is 0.000000405. The quantitative estimate of drug-likeness (QED) is 0.311. The monoisotopic (exact) mass is 491 g/mol. The molecule has 1 saturated heterocycles. The molecule has 2 saturated carbocycles. The number of hydrogen-bond acceptors (Lipinski definition) is 6. The number of hydrogen-bond donors (Lipinski definition) is 3. The molecule has 0 aromatic rings. The highest BCUT2D eigenvalue weighted by atomic mass is 32.2. The molecule has 4 N–H and O–H groups in total. The normalized spacial score (nSPS) is 19.1. The number of nitrogens with two attached hydrogens (primary N) is 1. The van der Waals surface area contributed by atoms with Crippen molar-refractivity contribution in [3.05, 3.63) is 0 Å². The molecule has 8 heteroatoms. The van der Waals surface area contributed by atoms with Crippen molar-refractivity contribution < 1.29 is 24.5 Å². The standard InChI is InChI=1S/C7H12O2.C6H10O2S.C6H12OS.C5H11N/c1-2-9-7(8)6-4-3-5-6;7-6(8)5-1-3-9-4-2-5;1-3-4-5(2)6(7)8;6-4-5-2-1-3-5/h6H,2-5H2,1H3;5H,1-4H2,(H,7,8);5H,3-4H2,1-2H3,(H,7,8);5H,1-4,6H2. The lowest BCUT2D eigenvalue weighted by Gasteiger charge is -2.22. The summed E-state index contributed by atoms with van der Waals surface area (Å²) in [6.45, 7) is 7.30. The molecule has 32 heavy (non-hydrogen) atoms. The lowest BCUT2D eigenvalue weighted by Crippen LogP contribution is -2.23. The van der Waals surface area contributed by atoms with Crippen LogP contribution in [0.25, 0.3) is 0 Å². The Morgan fingerprint density at radius 3 is 1.81 bits per heavy atom. The maximum atomic E-state index is 10.8. The molecule has 0 amide bonds. The van der Waals surface area contributed by atoms with E-state index in [-0.39, 0.29) is 28.8 Å². The zero-order valence-electron chi connectivity index (χ0n) is 20.2. The van der Waals surface area contributed by atoms with Gasteiger partial charge in [-0.2, -0.15) is 11.8 Å². The van der Waals surface area contributed by atoms with Gasteiger partial charge >= 0.3 is 11.9 Å². The van der Waals surface area contributed by atoms with Gasteiger partial charge in [0, 0.05) is 5.92 Å². The van der Waals surface area contributed by atoms with Gasteiger partial charge in [0.2, 0.25) is 0 Å². The largest absolute Gasteiger partial charge is 0.502 e. The van der Waals surface area contributed by atoms with Crippen molar-refractivity contribution in [2.45, 2.75) is 85.0 Å². The number of carboxylic acids is 1. The van der Waals surface area contributed by atoms with Gasteiger partial charge in [-0.15, -0.1) is 0 Å². The van der Waals surface area contributed by atoms with Crippen LogP contribution in [0, 0.1) is 23.7 Å². The highest BCUT2D eigenvalue weighted by Gasteiger charge is 2.26. The average Bonchev–Trinajstić information content (AvgIpc) is 2.68. The minimum absolute atomic E-state index is 0.00347. The Morgan fingerprint density at radius 1 is 1.03 bits per heavy atom. The van der Waals surface area contributed by atoms with Crippen molar-refractivity contribution in [3.63, 3.8) is 0 Å². The van der Waals surface area contributed by atoms with Crippen molar-refractivity contribution in [1.82, 2.24) is 0 Å². The van der Waals surface area contributed by atoms with Gasteiger partial charge in [-0.05, 0) is 88.1 Å². The van der Waals surface area contributed by atoms with Gasteiger partial charge in [-0.25, -0.2) is 0 Å². The van der Waals surface area contributed by atoms with Crippen molar-refractivity contribution in [1.29, 1.82) is 0 Å². The Bertz CT molecular complexity index is 516. The number of thiocarbonyl (C=S) groups is 1. The highest BCUT2D eigenvalue weighted by molar-refractivity contribution is 7.99. The molecule has 188 valence electrons. The molecule has 1 atom stereocenters. The summed E-state index contributed by atoms with van der Waals surface area (Å²) in [5.74, 6) is 2.73. The van der Waals surface area contributed by atoms with E-state index in [0.29, 0.717) is 6.61 Å². The number of carboxylic acid groups (broad SMARTS) is 1. The van der Waals surface area contributed by atoms with Crippen LogP contribution in [0.4, 0.5) is 0 Å². The third-order valence-electron chi connectivity index (χ3n) is 6.00. The average molecular weight is 492 g/mol. The fourth-order valence-corrected chi connectivity index (χ4v) is 4.36. The summed E-state index contributed by atoms with van der Waals surface area (Å²) in [5.41, 5.74) is 5.33. The summed E-state index contributed by atoms with van der Waals surface area (Å²) in [6, 6.07) is 0. The van der Waals surface area contributed by atoms with Gasteiger partial charge < -0.3 is 20.7 Å². The van der Waals surface area contributed by atoms with E-state index in [9.17, 15) is 9.59 Å². The van der Waals surface area contributed by atoms with E-state index < -0.39 is 5.97 Å². The third kappa shape index (κ3) is 15.1. The molecule has 1 unspecified atom stereocenters. The predicted octanol–water partition coefficient (Wildman–Crippen LogP) is 5.62. The van der Waals surface area contributed by atoms with Crippen LogP contribution in [0.3, 0.4) is 0 Å². The van der Waals surface area contributed by atoms with Crippen LogP contribution in [0.2, 0.25) is 0 Å². The molecule has 1 aliphatic heterocycles. The number of aliphatic carboxylic acids is 1. The van der Waals surface area contributed by atoms with Crippen LogP contribution in [-0.4, -0.2) is 51.9 Å². The van der Waals surface area contributed by atoms with Gasteiger partial charge in [0.05, 0.1) is 18.4 Å². The fraction of sp³-hybridized carbons (Fsp3) is 0.875. The zero-order valence-corrected chi connectivity index (χ0v) is 21.9. The molecule has 3 rings (SSSR count). The van der Waals surface area contributed by atoms with E-state index >= 15 is 0 Å². The van der Waals surface area contributed by atoms with Crippen LogP contribution in [-0.2, 0) is 14.3 Å². The topological polar surface area (TPSA) is 110 Å². The van der Waals surface area contributed by atoms with Crippen molar-refractivity contribution >= 4 is 41.0 Å². The van der Waals surface area contributed by atoms with E-state index in [2.05, 4.69) is 19.1 Å². The maximum absolute atomic E-state index is 10.8. The molecule has 2 aliphatic carbocycles. The summed E-state index contributed by atoms with van der Waals surface area (Å²) < 4.78 is 4.81. The van der Waals surface area contributed by atoms with Crippen molar-refractivity contribution in [2.75, 3.05) is 24.7 Å². The number of ether oxygens (including phenoxy) is 1. The number of aliphatic hydroxyl groups is 1. The molecule has 0 aromatic carbocycles. The van der Waals surface area contributed by atoms with Gasteiger partial charge in [0.25, 0.3) is 0 Å². The molecule has 3 fully saturated rings. The first-order valence-electron chi connectivity index (χ1n) is 12.2. The summed E-state index contributed by atoms with van der Waals surface area (Å²) in [7, 11) is 0. The minimum atomic E-state index is -0.615. The number of rotatable bonds is 7. The van der Waals surface area contributed by atoms with Crippen molar-refractivity contribution in [3.8, 4) is 0 Å². The van der Waals surface area contributed by atoms with E-state index in [1.165, 1.54) is 25.7 Å². The summed E-state index contributed by atoms with van der Waals surface area (Å²) in [5, 5.41) is 17.4. The van der Waals surface area contributed by atoms with E-state index in [0.717, 1.165) is 62.5 Å². The fourth-order valence-electron chi connectivity index (χ4n) is 3.13. The molecule has 6 nitrogen and oxygen atoms in total. The van der Waals surface area contributed by atoms with E-state index in [1.54, 1.807) is 0 Å². The SMILES string of the molecule is CCCC(C)C(O)=S.CCOC(=O)C1CCC1.NCC1CCC1.O=C(O)C1CCSCC1. The first kappa shape index (κ1) is 31.1. The molecule has 3 aliphatic rings. The van der Waals surface area contributed by atoms with Crippen molar-refractivity contribution in [2.24, 2.45) is 29.4 Å². The van der Waals surface area contributed by atoms with E-state index in [1.807, 2.05) is 25.6 Å². The number of carbonyl (C=O) groups excluding carboxylic acids is 1. The summed E-state index contributed by atoms with van der Waals surface area (Å²) in [6.07, 6.45) is 11.3. The smallest absolute Gasteiger partial charge is 0.308 e. The molecule has 0 aromatic heterocycles. The van der Waals surface area contributed by atoms with E-state index in [4.69, 9.17) is 20.7 Å². The Kier molecular flexibility index (Phi) is 19.1. The lowest BCUT2D eigenvalue weighted by molar-refractivity contribution is -0.150. The second kappa shape index (κ2) is 19.6. The lowest BCUT2D eigenvalue weighted by atomic mass is 9.86. The number of carbonyl (C=O) groups is 2. The zero-order chi connectivity index (χ0) is 24.4. The van der Waals surface area contributed by atoms with Crippen LogP contribution in [0.5, 0.6) is 0 Å². The second-order valence-corrected chi connectivity index (χ2v) is 10.3. The summed E-state index contributed by atoms with van der Waals surface area (Å²) in [4.78, 5) is 21.1. The van der Waals surface area contributed by atoms with Crippen LogP contribution in [0.1, 0.15) is 85.0 Å². The maximum Gasteiger partial charge on any atom is 0.308 e. The van der Waals surface area contributed by atoms with Gasteiger partial charge in [-0.3, -0.25) is 9.59 Å². The predicted molar refractivity (Wildman–Crippen MR) is 137 cm³/mol. The van der Waals surface area contributed by atoms with Gasteiger partial charge in [-0.1, -0.05) is 33.1 Å².